The second-order valence-corrected chi connectivity index (χ2v) is 5.06. The number of alkyl halides is 3. The van der Waals surface area contributed by atoms with E-state index in [0.29, 0.717) is 12.3 Å². The minimum absolute atomic E-state index is 0.226. The second kappa shape index (κ2) is 8.24. The van der Waals surface area contributed by atoms with E-state index in [1.54, 1.807) is 25.3 Å². The van der Waals surface area contributed by atoms with Crippen LogP contribution in [0.5, 0.6) is 5.75 Å². The summed E-state index contributed by atoms with van der Waals surface area (Å²) in [7, 11) is 1.55. The van der Waals surface area contributed by atoms with Gasteiger partial charge in [0.05, 0.1) is 26.2 Å². The first-order chi connectivity index (χ1) is 9.81. The molecule has 0 spiro atoms. The maximum Gasteiger partial charge on any atom is 0.391 e. The van der Waals surface area contributed by atoms with Gasteiger partial charge in [-0.1, -0.05) is 26.0 Å². The first-order valence-electron chi connectivity index (χ1n) is 6.87. The van der Waals surface area contributed by atoms with Gasteiger partial charge in [-0.15, -0.1) is 0 Å². The fourth-order valence-electron chi connectivity index (χ4n) is 1.77. The predicted molar refractivity (Wildman–Crippen MR) is 75.5 cm³/mol. The average Bonchev–Trinajstić information content (AvgIpc) is 2.41. The molecule has 120 valence electrons. The molecule has 1 aromatic rings. The molecule has 21 heavy (non-hydrogen) atoms. The molecule has 1 unspecified atom stereocenters. The lowest BCUT2D eigenvalue weighted by Crippen LogP contribution is -2.29. The molecule has 0 amide bonds. The Balaban J connectivity index is 2.70. The Labute approximate surface area is 123 Å². The van der Waals surface area contributed by atoms with Crippen LogP contribution in [0.2, 0.25) is 0 Å². The third kappa shape index (κ3) is 7.34. The molecule has 1 aromatic carbocycles. The largest absolute Gasteiger partial charge is 0.497 e. The highest BCUT2D eigenvalue weighted by molar-refractivity contribution is 5.30. The number of rotatable bonds is 8. The summed E-state index contributed by atoms with van der Waals surface area (Å²) in [6.45, 7) is 4.03. The van der Waals surface area contributed by atoms with Gasteiger partial charge in [0.1, 0.15) is 5.75 Å². The third-order valence-electron chi connectivity index (χ3n) is 2.88. The van der Waals surface area contributed by atoms with Crippen LogP contribution >= 0.6 is 0 Å². The van der Waals surface area contributed by atoms with Crippen LogP contribution in [-0.2, 0) is 4.74 Å². The van der Waals surface area contributed by atoms with Crippen molar-refractivity contribution in [3.05, 3.63) is 29.8 Å². The van der Waals surface area contributed by atoms with Crippen molar-refractivity contribution in [3.8, 4) is 5.75 Å². The minimum atomic E-state index is -4.20. The van der Waals surface area contributed by atoms with Crippen LogP contribution in [0.1, 0.15) is 31.9 Å². The standard InChI is InChI=1S/C15H22F3NO2/c1-11(2)19-10-14(21-8-7-15(16,17)18)12-5-4-6-13(9-12)20-3/h4-6,9,11,14,19H,7-8,10H2,1-3H3. The molecule has 0 aliphatic carbocycles. The molecular formula is C15H22F3NO2. The highest BCUT2D eigenvalue weighted by Crippen LogP contribution is 2.24. The lowest BCUT2D eigenvalue weighted by atomic mass is 10.1. The van der Waals surface area contributed by atoms with Gasteiger partial charge in [-0.25, -0.2) is 0 Å². The Kier molecular flexibility index (Phi) is 6.98. The van der Waals surface area contributed by atoms with E-state index in [4.69, 9.17) is 9.47 Å². The first kappa shape index (κ1) is 17.8. The molecule has 0 heterocycles. The Morgan fingerprint density at radius 1 is 1.24 bits per heavy atom. The summed E-state index contributed by atoms with van der Waals surface area (Å²) in [5, 5.41) is 3.18. The molecule has 0 fully saturated rings. The monoisotopic (exact) mass is 305 g/mol. The highest BCUT2D eigenvalue weighted by Gasteiger charge is 2.27. The number of hydrogen-bond acceptors (Lipinski definition) is 3. The summed E-state index contributed by atoms with van der Waals surface area (Å²) in [5.41, 5.74) is 0.796. The van der Waals surface area contributed by atoms with Crippen molar-refractivity contribution in [1.29, 1.82) is 0 Å². The maximum atomic E-state index is 12.2. The number of nitrogens with one attached hydrogen (secondary N) is 1. The normalized spacial score (nSPS) is 13.5. The summed E-state index contributed by atoms with van der Waals surface area (Å²) < 4.78 is 47.2. The number of hydrogen-bond donors (Lipinski definition) is 1. The van der Waals surface area contributed by atoms with E-state index < -0.39 is 18.7 Å². The number of ether oxygens (including phenoxy) is 2. The molecule has 0 aliphatic heterocycles. The first-order valence-corrected chi connectivity index (χ1v) is 6.87. The molecular weight excluding hydrogens is 283 g/mol. The van der Waals surface area contributed by atoms with E-state index in [1.807, 2.05) is 19.9 Å². The molecule has 0 radical (unpaired) electrons. The van der Waals surface area contributed by atoms with Crippen LogP contribution in [0.3, 0.4) is 0 Å². The van der Waals surface area contributed by atoms with Crippen LogP contribution in [0, 0.1) is 0 Å². The van der Waals surface area contributed by atoms with E-state index in [9.17, 15) is 13.2 Å². The number of methoxy groups -OCH3 is 1. The van der Waals surface area contributed by atoms with Crippen molar-refractivity contribution in [2.24, 2.45) is 0 Å². The van der Waals surface area contributed by atoms with Gasteiger partial charge < -0.3 is 14.8 Å². The van der Waals surface area contributed by atoms with Crippen molar-refractivity contribution in [1.82, 2.24) is 5.32 Å². The number of benzene rings is 1. The van der Waals surface area contributed by atoms with E-state index in [1.165, 1.54) is 0 Å². The van der Waals surface area contributed by atoms with Crippen LogP contribution in [0.15, 0.2) is 24.3 Å². The van der Waals surface area contributed by atoms with Crippen LogP contribution in [-0.4, -0.2) is 32.5 Å². The van der Waals surface area contributed by atoms with Crippen molar-refractivity contribution < 1.29 is 22.6 Å². The Bertz CT molecular complexity index is 422. The molecule has 3 nitrogen and oxygen atoms in total. The summed E-state index contributed by atoms with van der Waals surface area (Å²) >= 11 is 0. The van der Waals surface area contributed by atoms with E-state index >= 15 is 0 Å². The van der Waals surface area contributed by atoms with Gasteiger partial charge in [-0.05, 0) is 17.7 Å². The highest BCUT2D eigenvalue weighted by atomic mass is 19.4. The van der Waals surface area contributed by atoms with Crippen molar-refractivity contribution >= 4 is 0 Å². The van der Waals surface area contributed by atoms with Gasteiger partial charge in [0.25, 0.3) is 0 Å². The Morgan fingerprint density at radius 3 is 2.52 bits per heavy atom. The zero-order valence-corrected chi connectivity index (χ0v) is 12.5. The molecule has 1 N–H and O–H groups in total. The van der Waals surface area contributed by atoms with E-state index in [0.717, 1.165) is 5.56 Å². The molecule has 0 saturated heterocycles. The van der Waals surface area contributed by atoms with Crippen LogP contribution < -0.4 is 10.1 Å². The molecule has 1 atom stereocenters. The van der Waals surface area contributed by atoms with Crippen molar-refractivity contribution in [2.45, 2.75) is 38.6 Å². The molecule has 0 aliphatic rings. The smallest absolute Gasteiger partial charge is 0.391 e. The SMILES string of the molecule is COc1cccc(C(CNC(C)C)OCCC(F)(F)F)c1. The summed E-state index contributed by atoms with van der Waals surface area (Å²) in [5.74, 6) is 0.654. The molecule has 0 aromatic heterocycles. The zero-order chi connectivity index (χ0) is 15.9. The second-order valence-electron chi connectivity index (χ2n) is 5.06. The summed E-state index contributed by atoms with van der Waals surface area (Å²) in [6, 6.07) is 7.41. The molecule has 6 heteroatoms. The van der Waals surface area contributed by atoms with E-state index in [2.05, 4.69) is 5.32 Å². The fraction of sp³-hybridized carbons (Fsp3) is 0.600. The topological polar surface area (TPSA) is 30.5 Å². The fourth-order valence-corrected chi connectivity index (χ4v) is 1.77. The molecule has 1 rings (SSSR count). The summed E-state index contributed by atoms with van der Waals surface area (Å²) in [4.78, 5) is 0. The van der Waals surface area contributed by atoms with Gasteiger partial charge in [0.15, 0.2) is 0 Å². The maximum absolute atomic E-state index is 12.2. The summed E-state index contributed by atoms with van der Waals surface area (Å²) in [6.07, 6.45) is -5.59. The zero-order valence-electron chi connectivity index (χ0n) is 12.5. The van der Waals surface area contributed by atoms with Crippen LogP contribution in [0.4, 0.5) is 13.2 Å². The molecule has 0 bridgehead atoms. The minimum Gasteiger partial charge on any atom is -0.497 e. The van der Waals surface area contributed by atoms with Crippen LogP contribution in [0.25, 0.3) is 0 Å². The Hall–Kier alpha value is -1.27. The predicted octanol–water partition coefficient (Wildman–Crippen LogP) is 3.70. The lowest BCUT2D eigenvalue weighted by molar-refractivity contribution is -0.149. The number of halogens is 3. The Morgan fingerprint density at radius 2 is 1.95 bits per heavy atom. The van der Waals surface area contributed by atoms with Gasteiger partial charge in [0.2, 0.25) is 0 Å². The van der Waals surface area contributed by atoms with Crippen molar-refractivity contribution in [2.75, 3.05) is 20.3 Å². The van der Waals surface area contributed by atoms with Gasteiger partial charge in [-0.3, -0.25) is 0 Å². The van der Waals surface area contributed by atoms with E-state index in [-0.39, 0.29) is 12.6 Å². The molecule has 0 saturated carbocycles. The third-order valence-corrected chi connectivity index (χ3v) is 2.88. The average molecular weight is 305 g/mol. The van der Waals surface area contributed by atoms with Gasteiger partial charge in [-0.2, -0.15) is 13.2 Å². The quantitative estimate of drug-likeness (QED) is 0.794. The lowest BCUT2D eigenvalue weighted by Gasteiger charge is -2.21. The van der Waals surface area contributed by atoms with Gasteiger partial charge in [0, 0.05) is 12.6 Å². The van der Waals surface area contributed by atoms with Gasteiger partial charge >= 0.3 is 6.18 Å². The van der Waals surface area contributed by atoms with Crippen molar-refractivity contribution in [3.63, 3.8) is 0 Å².